The minimum absolute atomic E-state index is 0.0278. The molecule has 0 unspecified atom stereocenters. The molecule has 0 atom stereocenters. The molecule has 1 aromatic rings. The van der Waals surface area contributed by atoms with Crippen LogP contribution in [0.15, 0.2) is 24.3 Å². The molecular weight excluding hydrogens is 294 g/mol. The average molecular weight is 323 g/mol. The summed E-state index contributed by atoms with van der Waals surface area (Å²) in [4.78, 5) is 12.7. The van der Waals surface area contributed by atoms with Gasteiger partial charge in [0, 0.05) is 18.2 Å². The van der Waals surface area contributed by atoms with Crippen LogP contribution in [0.5, 0.6) is 11.5 Å². The van der Waals surface area contributed by atoms with Crippen molar-refractivity contribution in [2.45, 2.75) is 46.7 Å². The van der Waals surface area contributed by atoms with Gasteiger partial charge in [0.05, 0.1) is 7.11 Å². The fraction of sp³-hybridized carbons (Fsp3) is 0.500. The molecule has 0 saturated heterocycles. The standard InChI is InChI=1S/C10H10O4.C8H19N/c1-14-9-6-7(2-4-8(9)11)3-5-10(12)13;1-6-9(7(2)3)8(4)5/h2-6,11H,1H3,(H,12,13);7-8H,6H2,1-5H3. The van der Waals surface area contributed by atoms with Crippen LogP contribution in [0.25, 0.3) is 6.08 Å². The number of aromatic hydroxyl groups is 1. The molecule has 0 fully saturated rings. The van der Waals surface area contributed by atoms with Crippen molar-refractivity contribution in [1.29, 1.82) is 0 Å². The Labute approximate surface area is 139 Å². The molecule has 0 spiro atoms. The number of carbonyl (C=O) groups is 1. The van der Waals surface area contributed by atoms with Gasteiger partial charge in [0.25, 0.3) is 0 Å². The molecule has 0 radical (unpaired) electrons. The molecule has 1 rings (SSSR count). The van der Waals surface area contributed by atoms with Crippen molar-refractivity contribution in [1.82, 2.24) is 4.90 Å². The largest absolute Gasteiger partial charge is 0.504 e. The number of hydrogen-bond acceptors (Lipinski definition) is 4. The summed E-state index contributed by atoms with van der Waals surface area (Å²) >= 11 is 0. The molecule has 2 N–H and O–H groups in total. The van der Waals surface area contributed by atoms with Crippen molar-refractivity contribution in [2.24, 2.45) is 0 Å². The van der Waals surface area contributed by atoms with Crippen molar-refractivity contribution in [2.75, 3.05) is 13.7 Å². The Morgan fingerprint density at radius 1 is 1.26 bits per heavy atom. The maximum absolute atomic E-state index is 10.2. The zero-order chi connectivity index (χ0) is 18.0. The first-order chi connectivity index (χ1) is 10.7. The predicted molar refractivity (Wildman–Crippen MR) is 94.0 cm³/mol. The van der Waals surface area contributed by atoms with Gasteiger partial charge in [0.15, 0.2) is 11.5 Å². The van der Waals surface area contributed by atoms with Gasteiger partial charge in [-0.15, -0.1) is 0 Å². The minimum Gasteiger partial charge on any atom is -0.504 e. The molecule has 23 heavy (non-hydrogen) atoms. The molecule has 1 aromatic carbocycles. The topological polar surface area (TPSA) is 70.0 Å². The molecule has 0 heterocycles. The van der Waals surface area contributed by atoms with Gasteiger partial charge in [-0.25, -0.2) is 4.79 Å². The van der Waals surface area contributed by atoms with Crippen molar-refractivity contribution in [3.63, 3.8) is 0 Å². The molecule has 0 bridgehead atoms. The lowest BCUT2D eigenvalue weighted by atomic mass is 10.2. The lowest BCUT2D eigenvalue weighted by Gasteiger charge is -2.28. The average Bonchev–Trinajstić information content (AvgIpc) is 2.46. The number of ether oxygens (including phenoxy) is 1. The fourth-order valence-corrected chi connectivity index (χ4v) is 2.29. The SMILES string of the molecule is CCN(C(C)C)C(C)C.COc1cc(C=CC(=O)O)ccc1O. The Morgan fingerprint density at radius 2 is 1.83 bits per heavy atom. The van der Waals surface area contributed by atoms with E-state index in [1.165, 1.54) is 19.3 Å². The number of phenols is 1. The molecule has 0 aromatic heterocycles. The zero-order valence-electron chi connectivity index (χ0n) is 14.9. The molecular formula is C18H29NO4. The summed E-state index contributed by atoms with van der Waals surface area (Å²) in [6.45, 7) is 12.3. The third-order valence-corrected chi connectivity index (χ3v) is 3.31. The lowest BCUT2D eigenvalue weighted by Crippen LogP contribution is -2.36. The summed E-state index contributed by atoms with van der Waals surface area (Å²) in [6, 6.07) is 5.97. The van der Waals surface area contributed by atoms with E-state index in [4.69, 9.17) is 9.84 Å². The van der Waals surface area contributed by atoms with Gasteiger partial charge in [0.2, 0.25) is 0 Å². The molecule has 5 heteroatoms. The van der Waals surface area contributed by atoms with Gasteiger partial charge in [-0.3, -0.25) is 4.90 Å². The van der Waals surface area contributed by atoms with E-state index in [0.29, 0.717) is 23.4 Å². The number of aliphatic carboxylic acids is 1. The van der Waals surface area contributed by atoms with Gasteiger partial charge in [-0.2, -0.15) is 0 Å². The highest BCUT2D eigenvalue weighted by Crippen LogP contribution is 2.26. The number of carboxylic acid groups (broad SMARTS) is 1. The smallest absolute Gasteiger partial charge is 0.328 e. The molecule has 0 aliphatic rings. The van der Waals surface area contributed by atoms with E-state index in [1.54, 1.807) is 12.1 Å². The van der Waals surface area contributed by atoms with Crippen molar-refractivity contribution < 1.29 is 19.7 Å². The number of hydrogen-bond donors (Lipinski definition) is 2. The first kappa shape index (κ1) is 21.0. The Morgan fingerprint density at radius 3 is 2.17 bits per heavy atom. The summed E-state index contributed by atoms with van der Waals surface area (Å²) in [5, 5.41) is 17.6. The Kier molecular flexibility index (Phi) is 9.74. The number of nitrogens with zero attached hydrogens (tertiary/aromatic N) is 1. The normalized spacial score (nSPS) is 11.0. The predicted octanol–water partition coefficient (Wildman–Crippen LogP) is 3.62. The molecule has 0 aliphatic carbocycles. The summed E-state index contributed by atoms with van der Waals surface area (Å²) < 4.78 is 4.86. The van der Waals surface area contributed by atoms with Gasteiger partial charge in [-0.1, -0.05) is 13.0 Å². The maximum Gasteiger partial charge on any atom is 0.328 e. The Balaban J connectivity index is 0.000000468. The van der Waals surface area contributed by atoms with Crippen LogP contribution in [0, 0.1) is 0 Å². The van der Waals surface area contributed by atoms with E-state index in [-0.39, 0.29) is 5.75 Å². The van der Waals surface area contributed by atoms with Gasteiger partial charge >= 0.3 is 5.97 Å². The van der Waals surface area contributed by atoms with Crippen LogP contribution >= 0.6 is 0 Å². The van der Waals surface area contributed by atoms with Crippen molar-refractivity contribution in [3.8, 4) is 11.5 Å². The second kappa shape index (κ2) is 10.7. The quantitative estimate of drug-likeness (QED) is 0.782. The van der Waals surface area contributed by atoms with Crippen LogP contribution in [0.1, 0.15) is 40.2 Å². The summed E-state index contributed by atoms with van der Waals surface area (Å²) in [7, 11) is 1.43. The Hall–Kier alpha value is -2.01. The number of rotatable bonds is 6. The first-order valence-corrected chi connectivity index (χ1v) is 7.76. The van der Waals surface area contributed by atoms with E-state index in [1.807, 2.05) is 0 Å². The van der Waals surface area contributed by atoms with E-state index in [9.17, 15) is 9.90 Å². The number of phenolic OH excluding ortho intramolecular Hbond substituents is 1. The number of benzene rings is 1. The second-order valence-corrected chi connectivity index (χ2v) is 5.62. The van der Waals surface area contributed by atoms with Crippen molar-refractivity contribution >= 4 is 12.0 Å². The van der Waals surface area contributed by atoms with Crippen molar-refractivity contribution in [3.05, 3.63) is 29.8 Å². The van der Waals surface area contributed by atoms with E-state index >= 15 is 0 Å². The monoisotopic (exact) mass is 323 g/mol. The zero-order valence-corrected chi connectivity index (χ0v) is 14.9. The maximum atomic E-state index is 10.2. The summed E-state index contributed by atoms with van der Waals surface area (Å²) in [5.74, 6) is -0.672. The second-order valence-electron chi connectivity index (χ2n) is 5.62. The summed E-state index contributed by atoms with van der Waals surface area (Å²) in [5.41, 5.74) is 0.655. The summed E-state index contributed by atoms with van der Waals surface area (Å²) in [6.07, 6.45) is 2.44. The highest BCUT2D eigenvalue weighted by atomic mass is 16.5. The van der Waals surface area contributed by atoms with Crippen LogP contribution in [0.3, 0.4) is 0 Å². The lowest BCUT2D eigenvalue weighted by molar-refractivity contribution is -0.131. The fourth-order valence-electron chi connectivity index (χ4n) is 2.29. The minimum atomic E-state index is -1.02. The van der Waals surface area contributed by atoms with E-state index in [2.05, 4.69) is 39.5 Å². The molecule has 0 amide bonds. The van der Waals surface area contributed by atoms with E-state index < -0.39 is 5.97 Å². The molecule has 5 nitrogen and oxygen atoms in total. The van der Waals surface area contributed by atoms with Gasteiger partial charge < -0.3 is 14.9 Å². The van der Waals surface area contributed by atoms with Crippen LogP contribution in [0.4, 0.5) is 0 Å². The molecule has 130 valence electrons. The third kappa shape index (κ3) is 8.26. The molecule has 0 saturated carbocycles. The molecule has 0 aliphatic heterocycles. The third-order valence-electron chi connectivity index (χ3n) is 3.31. The number of methoxy groups -OCH3 is 1. The Bertz CT molecular complexity index is 502. The first-order valence-electron chi connectivity index (χ1n) is 7.76. The van der Waals surface area contributed by atoms with Crippen LogP contribution < -0.4 is 4.74 Å². The van der Waals surface area contributed by atoms with Gasteiger partial charge in [0.1, 0.15) is 0 Å². The van der Waals surface area contributed by atoms with Crippen LogP contribution in [0.2, 0.25) is 0 Å². The highest BCUT2D eigenvalue weighted by molar-refractivity contribution is 5.85. The highest BCUT2D eigenvalue weighted by Gasteiger charge is 2.09. The van der Waals surface area contributed by atoms with Gasteiger partial charge in [-0.05, 0) is 58.0 Å². The van der Waals surface area contributed by atoms with Crippen LogP contribution in [-0.2, 0) is 4.79 Å². The number of carboxylic acids is 1. The van der Waals surface area contributed by atoms with E-state index in [0.717, 1.165) is 12.6 Å². The van der Waals surface area contributed by atoms with Crippen LogP contribution in [-0.4, -0.2) is 46.8 Å².